The van der Waals surface area contributed by atoms with Crippen LogP contribution in [0.4, 0.5) is 5.13 Å². The van der Waals surface area contributed by atoms with E-state index in [1.54, 1.807) is 28.9 Å². The fourth-order valence-corrected chi connectivity index (χ4v) is 4.09. The summed E-state index contributed by atoms with van der Waals surface area (Å²) in [7, 11) is 0. The van der Waals surface area contributed by atoms with E-state index in [4.69, 9.17) is 9.47 Å². The highest BCUT2D eigenvalue weighted by atomic mass is 32.1. The van der Waals surface area contributed by atoms with Gasteiger partial charge >= 0.3 is 0 Å². The minimum absolute atomic E-state index is 0.0936. The van der Waals surface area contributed by atoms with Crippen LogP contribution in [0.2, 0.25) is 0 Å². The van der Waals surface area contributed by atoms with Crippen molar-refractivity contribution >= 4 is 34.0 Å². The van der Waals surface area contributed by atoms with Gasteiger partial charge in [0.1, 0.15) is 0 Å². The molecule has 142 valence electrons. The zero-order valence-electron chi connectivity index (χ0n) is 15.9. The Labute approximate surface area is 167 Å². The Morgan fingerprint density at radius 3 is 2.81 bits per heavy atom. The Hall–Kier alpha value is -2.38. The van der Waals surface area contributed by atoms with Crippen molar-refractivity contribution in [3.63, 3.8) is 0 Å². The first kappa shape index (κ1) is 19.4. The van der Waals surface area contributed by atoms with Crippen molar-refractivity contribution in [3.05, 3.63) is 46.2 Å². The van der Waals surface area contributed by atoms with E-state index in [-0.39, 0.29) is 6.10 Å². The molecule has 5 nitrogen and oxygen atoms in total. The monoisotopic (exact) mass is 401 g/mol. The topological polar surface area (TPSA) is 55.7 Å². The van der Waals surface area contributed by atoms with Gasteiger partial charge in [0.05, 0.1) is 29.5 Å². The third-order valence-corrected chi connectivity index (χ3v) is 5.31. The van der Waals surface area contributed by atoms with Crippen molar-refractivity contribution in [2.24, 2.45) is 5.10 Å². The van der Waals surface area contributed by atoms with E-state index >= 15 is 0 Å². The van der Waals surface area contributed by atoms with Crippen LogP contribution in [0.15, 0.2) is 40.8 Å². The summed E-state index contributed by atoms with van der Waals surface area (Å²) in [5.74, 6) is 1.47. The molecule has 2 aromatic heterocycles. The number of aromatic nitrogens is 1. The number of nitrogens with zero attached hydrogens (tertiary/aromatic N) is 2. The Morgan fingerprint density at radius 2 is 2.11 bits per heavy atom. The van der Waals surface area contributed by atoms with Gasteiger partial charge in [-0.3, -0.25) is 5.43 Å². The molecule has 0 aliphatic heterocycles. The lowest BCUT2D eigenvalue weighted by Crippen LogP contribution is -2.07. The quantitative estimate of drug-likeness (QED) is 0.382. The molecule has 0 radical (unpaired) electrons. The molecule has 1 aromatic carbocycles. The second-order valence-corrected chi connectivity index (χ2v) is 8.23. The molecular formula is C20H23N3O2S2. The van der Waals surface area contributed by atoms with E-state index < -0.39 is 0 Å². The Balaban J connectivity index is 1.71. The number of thiophene rings is 1. The second kappa shape index (κ2) is 9.01. The number of ether oxygens (including phenoxy) is 2. The molecule has 0 atom stereocenters. The molecule has 27 heavy (non-hydrogen) atoms. The van der Waals surface area contributed by atoms with Crippen LogP contribution < -0.4 is 14.9 Å². The number of benzene rings is 1. The van der Waals surface area contributed by atoms with Crippen LogP contribution in [-0.2, 0) is 0 Å². The normalized spacial score (nSPS) is 11.3. The van der Waals surface area contributed by atoms with Gasteiger partial charge in [-0.15, -0.1) is 22.7 Å². The largest absolute Gasteiger partial charge is 0.490 e. The lowest BCUT2D eigenvalue weighted by atomic mass is 10.2. The Kier molecular flexibility index (Phi) is 6.47. The van der Waals surface area contributed by atoms with Gasteiger partial charge in [-0.25, -0.2) is 4.98 Å². The van der Waals surface area contributed by atoms with Gasteiger partial charge in [-0.05, 0) is 62.9 Å². The standard InChI is InChI=1S/C20H23N3O2S2/c1-5-24-17-11-15(8-9-16(17)25-13(2)3)12-21-23-20-22-19(14(4)27-20)18-7-6-10-26-18/h6-13H,5H2,1-4H3,(H,22,23)/b21-12-. The highest BCUT2D eigenvalue weighted by Gasteiger charge is 2.10. The van der Waals surface area contributed by atoms with E-state index in [9.17, 15) is 0 Å². The molecule has 0 spiro atoms. The van der Waals surface area contributed by atoms with Gasteiger partial charge in [0.25, 0.3) is 0 Å². The maximum atomic E-state index is 5.79. The molecule has 0 saturated heterocycles. The molecule has 0 aliphatic rings. The van der Waals surface area contributed by atoms with Crippen molar-refractivity contribution in [1.82, 2.24) is 4.98 Å². The first-order valence-electron chi connectivity index (χ1n) is 8.80. The fourth-order valence-electron chi connectivity index (χ4n) is 2.47. The summed E-state index contributed by atoms with van der Waals surface area (Å²) in [5, 5.41) is 7.15. The number of rotatable bonds is 8. The Bertz CT molecular complexity index is 902. The molecular weight excluding hydrogens is 378 g/mol. The van der Waals surface area contributed by atoms with Crippen LogP contribution in [0.5, 0.6) is 11.5 Å². The number of anilines is 1. The van der Waals surface area contributed by atoms with Gasteiger partial charge in [-0.2, -0.15) is 5.10 Å². The molecule has 3 rings (SSSR count). The van der Waals surface area contributed by atoms with Gasteiger partial charge < -0.3 is 9.47 Å². The highest BCUT2D eigenvalue weighted by molar-refractivity contribution is 7.17. The molecule has 3 aromatic rings. The van der Waals surface area contributed by atoms with Crippen LogP contribution in [0.1, 0.15) is 31.2 Å². The second-order valence-electron chi connectivity index (χ2n) is 6.08. The maximum Gasteiger partial charge on any atom is 0.204 e. The van der Waals surface area contributed by atoms with E-state index in [1.807, 2.05) is 45.0 Å². The summed E-state index contributed by atoms with van der Waals surface area (Å²) < 4.78 is 11.5. The summed E-state index contributed by atoms with van der Waals surface area (Å²) in [6.45, 7) is 8.60. The first-order valence-corrected chi connectivity index (χ1v) is 10.5. The first-order chi connectivity index (χ1) is 13.1. The predicted octanol–water partition coefficient (Wildman–Crippen LogP) is 5.81. The maximum absolute atomic E-state index is 5.79. The summed E-state index contributed by atoms with van der Waals surface area (Å²) in [6, 6.07) is 9.91. The lowest BCUT2D eigenvalue weighted by molar-refractivity contribution is 0.224. The van der Waals surface area contributed by atoms with Crippen molar-refractivity contribution < 1.29 is 9.47 Å². The average Bonchev–Trinajstić information content (AvgIpc) is 3.26. The van der Waals surface area contributed by atoms with Crippen molar-refractivity contribution in [1.29, 1.82) is 0 Å². The minimum atomic E-state index is 0.0936. The predicted molar refractivity (Wildman–Crippen MR) is 115 cm³/mol. The van der Waals surface area contributed by atoms with Crippen LogP contribution in [0, 0.1) is 6.92 Å². The lowest BCUT2D eigenvalue weighted by Gasteiger charge is -2.14. The number of nitrogens with one attached hydrogen (secondary N) is 1. The molecule has 0 bridgehead atoms. The van der Waals surface area contributed by atoms with E-state index in [1.165, 1.54) is 9.75 Å². The molecule has 0 unspecified atom stereocenters. The SMILES string of the molecule is CCOc1cc(/C=N\Nc2nc(-c3cccs3)c(C)s2)ccc1OC(C)C. The van der Waals surface area contributed by atoms with Gasteiger partial charge in [-0.1, -0.05) is 6.07 Å². The molecule has 1 N–H and O–H groups in total. The van der Waals surface area contributed by atoms with Gasteiger partial charge in [0.15, 0.2) is 11.5 Å². The molecule has 0 saturated carbocycles. The van der Waals surface area contributed by atoms with Crippen molar-refractivity contribution in [3.8, 4) is 22.1 Å². The van der Waals surface area contributed by atoms with E-state index in [2.05, 4.69) is 33.9 Å². The summed E-state index contributed by atoms with van der Waals surface area (Å²) in [4.78, 5) is 6.98. The number of aryl methyl sites for hydroxylation is 1. The zero-order chi connectivity index (χ0) is 19.2. The molecule has 0 aliphatic carbocycles. The summed E-state index contributed by atoms with van der Waals surface area (Å²) >= 11 is 3.28. The third kappa shape index (κ3) is 5.08. The third-order valence-electron chi connectivity index (χ3n) is 3.56. The Morgan fingerprint density at radius 1 is 1.26 bits per heavy atom. The van der Waals surface area contributed by atoms with Crippen LogP contribution >= 0.6 is 22.7 Å². The fraction of sp³-hybridized carbons (Fsp3) is 0.300. The number of hydrogen-bond acceptors (Lipinski definition) is 7. The summed E-state index contributed by atoms with van der Waals surface area (Å²) in [6.07, 6.45) is 1.85. The van der Waals surface area contributed by atoms with Crippen molar-refractivity contribution in [2.45, 2.75) is 33.8 Å². The molecule has 0 amide bonds. The van der Waals surface area contributed by atoms with Crippen molar-refractivity contribution in [2.75, 3.05) is 12.0 Å². The zero-order valence-corrected chi connectivity index (χ0v) is 17.5. The van der Waals surface area contributed by atoms with Gasteiger partial charge in [0.2, 0.25) is 5.13 Å². The van der Waals surface area contributed by atoms with E-state index in [0.29, 0.717) is 6.61 Å². The minimum Gasteiger partial charge on any atom is -0.490 e. The molecule has 0 fully saturated rings. The van der Waals surface area contributed by atoms with Crippen LogP contribution in [-0.4, -0.2) is 23.9 Å². The van der Waals surface area contributed by atoms with Crippen LogP contribution in [0.3, 0.4) is 0 Å². The smallest absolute Gasteiger partial charge is 0.204 e. The van der Waals surface area contributed by atoms with E-state index in [0.717, 1.165) is 27.9 Å². The highest BCUT2D eigenvalue weighted by Crippen LogP contribution is 2.33. The number of hydrazone groups is 1. The number of thiazole rings is 1. The summed E-state index contributed by atoms with van der Waals surface area (Å²) in [5.41, 5.74) is 4.96. The number of hydrogen-bond donors (Lipinski definition) is 1. The molecule has 2 heterocycles. The van der Waals surface area contributed by atoms with Gasteiger partial charge in [0, 0.05) is 4.88 Å². The molecule has 7 heteroatoms. The average molecular weight is 402 g/mol. The van der Waals surface area contributed by atoms with Crippen LogP contribution in [0.25, 0.3) is 10.6 Å².